The number of hydrogen-bond donors (Lipinski definition) is 7. The van der Waals surface area contributed by atoms with Crippen molar-refractivity contribution in [2.24, 2.45) is 11.8 Å². The average Bonchev–Trinajstić information content (AvgIpc) is 3.39. The van der Waals surface area contributed by atoms with Crippen LogP contribution in [0.25, 0.3) is 5.76 Å². The first kappa shape index (κ1) is 27.3. The Morgan fingerprint density at radius 3 is 2.38 bits per heavy atom. The predicted octanol–water partition coefficient (Wildman–Crippen LogP) is -0.716. The summed E-state index contributed by atoms with van der Waals surface area (Å²) < 4.78 is 0. The maximum atomic E-state index is 14.1. The van der Waals surface area contributed by atoms with Gasteiger partial charge in [0.2, 0.25) is 5.78 Å². The fraction of sp³-hybridized carbons (Fsp3) is 0.519. The van der Waals surface area contributed by atoms with Crippen molar-refractivity contribution < 1.29 is 45.0 Å². The van der Waals surface area contributed by atoms with E-state index in [9.17, 15) is 45.0 Å². The number of rotatable bonds is 4. The van der Waals surface area contributed by atoms with Crippen molar-refractivity contribution in [2.75, 3.05) is 33.9 Å². The third-order valence-electron chi connectivity index (χ3n) is 8.68. The molecule has 1 heterocycles. The lowest BCUT2D eigenvalue weighted by Gasteiger charge is -2.55. The molecule has 1 aromatic carbocycles. The molecule has 12 heteroatoms. The summed E-state index contributed by atoms with van der Waals surface area (Å²) >= 11 is 0. The average molecular weight is 544 g/mol. The number of carbonyl (C=O) groups is 3. The van der Waals surface area contributed by atoms with Gasteiger partial charge in [0.15, 0.2) is 11.4 Å². The number of carbonyl (C=O) groups excluding carboxylic acids is 3. The Morgan fingerprint density at radius 1 is 1.13 bits per heavy atom. The molecule has 0 aromatic heterocycles. The molecular formula is C27H33N3O9. The molecule has 1 saturated heterocycles. The lowest BCUT2D eigenvalue weighted by Crippen LogP contribution is -2.72. The largest absolute Gasteiger partial charge is 0.508 e. The van der Waals surface area contributed by atoms with Gasteiger partial charge in [0.05, 0.1) is 47.4 Å². The number of likely N-dealkylation sites (tertiary alicyclic amines) is 1. The number of hydrogen-bond acceptors (Lipinski definition) is 11. The van der Waals surface area contributed by atoms with Crippen molar-refractivity contribution in [1.29, 1.82) is 0 Å². The number of phenolic OH excluding ortho intramolecular Hbond substituents is 1. The van der Waals surface area contributed by atoms with Crippen LogP contribution in [0.3, 0.4) is 0 Å². The van der Waals surface area contributed by atoms with Crippen molar-refractivity contribution in [1.82, 2.24) is 15.1 Å². The Bertz CT molecular complexity index is 1330. The van der Waals surface area contributed by atoms with Gasteiger partial charge in [-0.25, -0.2) is 0 Å². The molecule has 210 valence electrons. The summed E-state index contributed by atoms with van der Waals surface area (Å²) in [6.45, 7) is 2.84. The third-order valence-corrected chi connectivity index (χ3v) is 8.68. The fourth-order valence-electron chi connectivity index (χ4n) is 6.79. The van der Waals surface area contributed by atoms with E-state index in [1.807, 2.05) is 4.90 Å². The maximum Gasteiger partial charge on any atom is 0.259 e. The van der Waals surface area contributed by atoms with Gasteiger partial charge in [0, 0.05) is 0 Å². The summed E-state index contributed by atoms with van der Waals surface area (Å²) in [4.78, 5) is 44.2. The second-order valence-corrected chi connectivity index (χ2v) is 11.2. The molecule has 12 nitrogen and oxygen atoms in total. The molecule has 2 fully saturated rings. The Kier molecular flexibility index (Phi) is 6.39. The first-order chi connectivity index (χ1) is 18.3. The smallest absolute Gasteiger partial charge is 0.259 e. The molecule has 0 bridgehead atoms. The number of benzene rings is 1. The first-order valence-electron chi connectivity index (χ1n) is 12.8. The Labute approximate surface area is 224 Å². The van der Waals surface area contributed by atoms with Crippen LogP contribution in [-0.4, -0.2) is 110 Å². The number of aliphatic hydroxyl groups is 5. The summed E-state index contributed by atoms with van der Waals surface area (Å²) in [6, 6.07) is 2.61. The number of amides is 1. The van der Waals surface area contributed by atoms with E-state index in [4.69, 9.17) is 0 Å². The van der Waals surface area contributed by atoms with Crippen LogP contribution in [0.4, 0.5) is 0 Å². The second kappa shape index (κ2) is 9.14. The van der Waals surface area contributed by atoms with E-state index in [2.05, 4.69) is 5.32 Å². The summed E-state index contributed by atoms with van der Waals surface area (Å²) in [5.41, 5.74) is -6.73. The van der Waals surface area contributed by atoms with Crippen molar-refractivity contribution in [3.63, 3.8) is 0 Å². The number of aliphatic hydroxyl groups excluding tert-OH is 3. The molecule has 1 aliphatic heterocycles. The standard InChI is InChI=1S/C27H33N3O9/c1-26(38)12-7-6-8-13(31)14(12)20(32)15-17(26)22(34)18-19(29(2)3)21(33)16(24(36)27(18,39)23(15)35)25(37)28-11-30-9-4-5-10-30/h6-8,17-19,22,31-32,34,36,38-39H,4-5,9-11H2,1-3H3,(H,28,37)/t17-,18-,19+,22+,26-,27+/m1/s1. The van der Waals surface area contributed by atoms with Gasteiger partial charge in [-0.2, -0.15) is 0 Å². The minimum Gasteiger partial charge on any atom is -0.508 e. The van der Waals surface area contributed by atoms with E-state index in [1.165, 1.54) is 44.1 Å². The van der Waals surface area contributed by atoms with E-state index < -0.39 is 81.1 Å². The Morgan fingerprint density at radius 2 is 1.77 bits per heavy atom. The minimum absolute atomic E-state index is 0.0244. The topological polar surface area (TPSA) is 191 Å². The molecule has 6 atom stereocenters. The quantitative estimate of drug-likeness (QED) is 0.237. The van der Waals surface area contributed by atoms with E-state index in [0.717, 1.165) is 25.9 Å². The summed E-state index contributed by atoms with van der Waals surface area (Å²) in [6.07, 6.45) is 0.0336. The number of nitrogens with zero attached hydrogens (tertiary/aromatic N) is 2. The highest BCUT2D eigenvalue weighted by Crippen LogP contribution is 2.57. The number of ketones is 2. The van der Waals surface area contributed by atoms with Gasteiger partial charge in [-0.15, -0.1) is 0 Å². The zero-order chi connectivity index (χ0) is 28.6. The molecule has 1 saturated carbocycles. The molecule has 1 amide bonds. The molecule has 4 aliphatic rings. The minimum atomic E-state index is -3.00. The molecule has 0 unspecified atom stereocenters. The summed E-state index contributed by atoms with van der Waals surface area (Å²) in [5.74, 6) is -8.95. The zero-order valence-corrected chi connectivity index (χ0v) is 21.9. The van der Waals surface area contributed by atoms with Gasteiger partial charge in [-0.05, 0) is 58.6 Å². The number of nitrogens with one attached hydrogen (secondary N) is 1. The van der Waals surface area contributed by atoms with Crippen molar-refractivity contribution >= 4 is 23.2 Å². The van der Waals surface area contributed by atoms with Crippen LogP contribution < -0.4 is 5.32 Å². The first-order valence-corrected chi connectivity index (χ1v) is 12.8. The van der Waals surface area contributed by atoms with Gasteiger partial charge in [-0.3, -0.25) is 24.2 Å². The van der Waals surface area contributed by atoms with Crippen molar-refractivity contribution in [3.8, 4) is 5.75 Å². The molecule has 0 spiro atoms. The SMILES string of the molecule is CN(C)[C@@H]1C(=O)C(C(=O)NCN2CCCC2)=C(O)[C@@]2(O)C(=O)C3=C(O)c4c(O)cccc4[C@@](C)(O)[C@H]3[C@H](O)[C@@H]12. The molecule has 7 N–H and O–H groups in total. The molecule has 3 aliphatic carbocycles. The molecule has 5 rings (SSSR count). The molecule has 1 aromatic rings. The van der Waals surface area contributed by atoms with Gasteiger partial charge in [-0.1, -0.05) is 12.1 Å². The normalized spacial score (nSPS) is 34.7. The monoisotopic (exact) mass is 543 g/mol. The highest BCUT2D eigenvalue weighted by molar-refractivity contribution is 6.25. The second-order valence-electron chi connectivity index (χ2n) is 11.2. The van der Waals surface area contributed by atoms with Crippen LogP contribution in [0.1, 0.15) is 30.9 Å². The maximum absolute atomic E-state index is 14.1. The van der Waals surface area contributed by atoms with E-state index in [0.29, 0.717) is 0 Å². The van der Waals surface area contributed by atoms with Crippen molar-refractivity contribution in [3.05, 3.63) is 46.2 Å². The lowest BCUT2D eigenvalue weighted by atomic mass is 9.53. The number of Topliss-reactive ketones (excluding diaryl/α,β-unsaturated/α-hetero) is 2. The van der Waals surface area contributed by atoms with E-state index in [-0.39, 0.29) is 17.8 Å². The Hall–Kier alpha value is -3.29. The summed E-state index contributed by atoms with van der Waals surface area (Å²) in [5, 5.41) is 70.6. The van der Waals surface area contributed by atoms with Gasteiger partial charge in [0.25, 0.3) is 5.91 Å². The highest BCUT2D eigenvalue weighted by Gasteiger charge is 2.70. The van der Waals surface area contributed by atoms with Crippen LogP contribution in [0, 0.1) is 11.8 Å². The van der Waals surface area contributed by atoms with Crippen LogP contribution in [-0.2, 0) is 20.0 Å². The lowest BCUT2D eigenvalue weighted by molar-refractivity contribution is -0.181. The zero-order valence-electron chi connectivity index (χ0n) is 21.9. The number of likely N-dealkylation sites (N-methyl/N-ethyl adjacent to an activating group) is 1. The van der Waals surface area contributed by atoms with Crippen LogP contribution >= 0.6 is 0 Å². The van der Waals surface area contributed by atoms with Crippen LogP contribution in [0.15, 0.2) is 35.1 Å². The highest BCUT2D eigenvalue weighted by atomic mass is 16.4. The van der Waals surface area contributed by atoms with Crippen molar-refractivity contribution in [2.45, 2.75) is 43.1 Å². The number of aromatic hydroxyl groups is 1. The Balaban J connectivity index is 1.69. The van der Waals surface area contributed by atoms with Gasteiger partial charge < -0.3 is 36.0 Å². The van der Waals surface area contributed by atoms with Crippen LogP contribution in [0.5, 0.6) is 5.75 Å². The molecule has 39 heavy (non-hydrogen) atoms. The predicted molar refractivity (Wildman–Crippen MR) is 136 cm³/mol. The fourth-order valence-corrected chi connectivity index (χ4v) is 6.79. The number of fused-ring (bicyclic) bond motifs is 3. The van der Waals surface area contributed by atoms with Crippen LogP contribution in [0.2, 0.25) is 0 Å². The van der Waals surface area contributed by atoms with E-state index in [1.54, 1.807) is 0 Å². The van der Waals surface area contributed by atoms with Gasteiger partial charge >= 0.3 is 0 Å². The molecular weight excluding hydrogens is 510 g/mol. The van der Waals surface area contributed by atoms with Gasteiger partial charge in [0.1, 0.15) is 22.8 Å². The third kappa shape index (κ3) is 3.66. The summed E-state index contributed by atoms with van der Waals surface area (Å²) in [7, 11) is 2.91. The number of phenols is 1. The molecule has 0 radical (unpaired) electrons. The van der Waals surface area contributed by atoms with E-state index >= 15 is 0 Å².